The Morgan fingerprint density at radius 3 is 1.52 bits per heavy atom. The van der Waals surface area contributed by atoms with E-state index in [0.29, 0.717) is 85.4 Å². The summed E-state index contributed by atoms with van der Waals surface area (Å²) in [5.41, 5.74) is 6.90. The van der Waals surface area contributed by atoms with Gasteiger partial charge >= 0.3 is 12.2 Å². The first-order valence-corrected chi connectivity index (χ1v) is 16.2. The number of alkyl carbamates (subject to hydrolysis) is 2. The molecule has 18 nitrogen and oxygen atoms in total. The molecular weight excluding hydrogens is 632 g/mol. The van der Waals surface area contributed by atoms with Crippen molar-refractivity contribution in [2.75, 3.05) is 105 Å². The molecule has 278 valence electrons. The lowest BCUT2D eigenvalue weighted by atomic mass is 10.2. The topological polar surface area (TPSA) is 224 Å². The van der Waals surface area contributed by atoms with E-state index >= 15 is 0 Å². The van der Waals surface area contributed by atoms with Crippen molar-refractivity contribution in [2.24, 2.45) is 5.11 Å². The molecule has 0 saturated carbocycles. The summed E-state index contributed by atoms with van der Waals surface area (Å²) in [6.45, 7) is 15.9. The van der Waals surface area contributed by atoms with Crippen molar-refractivity contribution < 1.29 is 47.6 Å². The molecule has 0 fully saturated rings. The van der Waals surface area contributed by atoms with E-state index in [0.717, 1.165) is 0 Å². The van der Waals surface area contributed by atoms with Gasteiger partial charge in [-0.15, -0.1) is 0 Å². The SMILES string of the molecule is CC(C)(C)OC(=O)NCCN(CCNC(=O)OC(C)(C)C)CC(=O)NCCCNC(=O)CCOCCOCCOCCOCCN=[N+]=[N-]. The maximum Gasteiger partial charge on any atom is 0.407 e. The third-order valence-corrected chi connectivity index (χ3v) is 5.55. The minimum absolute atomic E-state index is 0.0443. The van der Waals surface area contributed by atoms with Crippen molar-refractivity contribution in [3.05, 3.63) is 10.4 Å². The van der Waals surface area contributed by atoms with Gasteiger partial charge < -0.3 is 49.7 Å². The molecule has 0 aromatic rings. The number of nitrogens with zero attached hydrogens (tertiary/aromatic N) is 4. The minimum atomic E-state index is -0.629. The zero-order chi connectivity index (χ0) is 36.1. The first-order valence-electron chi connectivity index (χ1n) is 16.2. The fourth-order valence-corrected chi connectivity index (χ4v) is 3.50. The van der Waals surface area contributed by atoms with Gasteiger partial charge in [0.15, 0.2) is 0 Å². The average Bonchev–Trinajstić information content (AvgIpc) is 2.97. The van der Waals surface area contributed by atoms with Crippen molar-refractivity contribution >= 4 is 24.0 Å². The maximum atomic E-state index is 12.6. The third kappa shape index (κ3) is 32.5. The van der Waals surface area contributed by atoms with Gasteiger partial charge in [-0.05, 0) is 53.5 Å². The minimum Gasteiger partial charge on any atom is -0.444 e. The molecule has 0 rings (SSSR count). The monoisotopic (exact) mass is 690 g/mol. The second-order valence-corrected chi connectivity index (χ2v) is 12.3. The smallest absolute Gasteiger partial charge is 0.407 e. The zero-order valence-electron chi connectivity index (χ0n) is 29.6. The first-order chi connectivity index (χ1) is 22.7. The van der Waals surface area contributed by atoms with E-state index in [1.807, 2.05) is 0 Å². The summed E-state index contributed by atoms with van der Waals surface area (Å²) >= 11 is 0. The number of ether oxygens (including phenoxy) is 6. The lowest BCUT2D eigenvalue weighted by Crippen LogP contribution is -2.45. The number of rotatable bonds is 27. The van der Waals surface area contributed by atoms with Crippen molar-refractivity contribution in [2.45, 2.75) is 65.6 Å². The largest absolute Gasteiger partial charge is 0.444 e. The fourth-order valence-electron chi connectivity index (χ4n) is 3.50. The maximum absolute atomic E-state index is 12.6. The van der Waals surface area contributed by atoms with Gasteiger partial charge in [0.05, 0.1) is 59.4 Å². The molecule has 0 aliphatic carbocycles. The Labute approximate surface area is 284 Å². The summed E-state index contributed by atoms with van der Waals surface area (Å²) in [7, 11) is 0. The number of nitrogens with one attached hydrogen (secondary N) is 4. The van der Waals surface area contributed by atoms with E-state index in [1.165, 1.54) is 0 Å². The Morgan fingerprint density at radius 2 is 1.06 bits per heavy atom. The molecule has 4 N–H and O–H groups in total. The molecule has 4 amide bonds. The van der Waals surface area contributed by atoms with Crippen LogP contribution in [0.5, 0.6) is 0 Å². The number of amides is 4. The molecule has 0 bridgehead atoms. The van der Waals surface area contributed by atoms with Crippen molar-refractivity contribution in [1.82, 2.24) is 26.2 Å². The highest BCUT2D eigenvalue weighted by Gasteiger charge is 2.18. The number of hydrogen-bond donors (Lipinski definition) is 4. The molecule has 0 aliphatic heterocycles. The van der Waals surface area contributed by atoms with E-state index in [2.05, 4.69) is 31.3 Å². The van der Waals surface area contributed by atoms with E-state index in [4.69, 9.17) is 34.0 Å². The van der Waals surface area contributed by atoms with Crippen LogP contribution in [-0.2, 0) is 38.0 Å². The van der Waals surface area contributed by atoms with Crippen molar-refractivity contribution in [1.29, 1.82) is 0 Å². The van der Waals surface area contributed by atoms with Gasteiger partial charge in [-0.2, -0.15) is 0 Å². The molecule has 0 saturated heterocycles. The van der Waals surface area contributed by atoms with Gasteiger partial charge in [0.1, 0.15) is 11.2 Å². The molecule has 0 atom stereocenters. The Morgan fingerprint density at radius 1 is 0.625 bits per heavy atom. The standard InChI is InChI=1S/C30H58N8O10/c1-29(2,3)47-27(41)34-11-14-38(15-12-35-28(42)48-30(4,5)6)24-26(40)33-10-7-9-32-25(39)8-16-43-18-20-45-22-23-46-21-19-44-17-13-36-37-31/h7-24H2,1-6H3,(H,32,39)(H,33,40)(H,34,41)(H,35,42). The van der Waals surface area contributed by atoms with E-state index < -0.39 is 23.4 Å². The average molecular weight is 691 g/mol. The molecule has 18 heteroatoms. The van der Waals surface area contributed by atoms with Crippen LogP contribution in [0.25, 0.3) is 10.4 Å². The lowest BCUT2D eigenvalue weighted by molar-refractivity contribution is -0.122. The highest BCUT2D eigenvalue weighted by Crippen LogP contribution is 2.07. The first kappa shape index (κ1) is 44.6. The highest BCUT2D eigenvalue weighted by atomic mass is 16.6. The van der Waals surface area contributed by atoms with Crippen LogP contribution in [0.3, 0.4) is 0 Å². The molecule has 0 aromatic carbocycles. The molecule has 0 aliphatic rings. The molecule has 0 aromatic heterocycles. The molecule has 48 heavy (non-hydrogen) atoms. The van der Waals surface area contributed by atoms with Crippen LogP contribution in [0.2, 0.25) is 0 Å². The summed E-state index contributed by atoms with van der Waals surface area (Å²) in [4.78, 5) is 53.0. The predicted molar refractivity (Wildman–Crippen MR) is 177 cm³/mol. The van der Waals surface area contributed by atoms with Crippen LogP contribution >= 0.6 is 0 Å². The van der Waals surface area contributed by atoms with Crippen LogP contribution in [0.4, 0.5) is 9.59 Å². The van der Waals surface area contributed by atoms with Gasteiger partial charge in [-0.1, -0.05) is 5.11 Å². The van der Waals surface area contributed by atoms with Gasteiger partial charge in [0.2, 0.25) is 11.8 Å². The second-order valence-electron chi connectivity index (χ2n) is 12.3. The Hall–Kier alpha value is -3.41. The predicted octanol–water partition coefficient (Wildman–Crippen LogP) is 1.73. The van der Waals surface area contributed by atoms with Crippen molar-refractivity contribution in [3.63, 3.8) is 0 Å². The van der Waals surface area contributed by atoms with Gasteiger partial charge in [0, 0.05) is 57.1 Å². The molecular formula is C30H58N8O10. The summed E-state index contributed by atoms with van der Waals surface area (Å²) < 4.78 is 31.9. The Balaban J connectivity index is 4.08. The second kappa shape index (κ2) is 27.5. The number of azide groups is 1. The third-order valence-electron chi connectivity index (χ3n) is 5.55. The van der Waals surface area contributed by atoms with Crippen LogP contribution in [0, 0.1) is 0 Å². The Kier molecular flexibility index (Phi) is 25.6. The molecule has 0 radical (unpaired) electrons. The lowest BCUT2D eigenvalue weighted by Gasteiger charge is -2.24. The van der Waals surface area contributed by atoms with Crippen LogP contribution in [0.15, 0.2) is 5.11 Å². The van der Waals surface area contributed by atoms with E-state index in [-0.39, 0.29) is 44.5 Å². The van der Waals surface area contributed by atoms with E-state index in [9.17, 15) is 19.2 Å². The van der Waals surface area contributed by atoms with Crippen LogP contribution in [-0.4, -0.2) is 145 Å². The highest BCUT2D eigenvalue weighted by molar-refractivity contribution is 5.78. The van der Waals surface area contributed by atoms with Gasteiger partial charge in [-0.3, -0.25) is 14.5 Å². The molecule has 0 unspecified atom stereocenters. The van der Waals surface area contributed by atoms with Crippen LogP contribution in [0.1, 0.15) is 54.4 Å². The van der Waals surface area contributed by atoms with Gasteiger partial charge in [-0.25, -0.2) is 9.59 Å². The quantitative estimate of drug-likeness (QED) is 0.0420. The Bertz CT molecular complexity index is 919. The molecule has 0 spiro atoms. The number of carbonyl (C=O) groups excluding carboxylic acids is 4. The van der Waals surface area contributed by atoms with Gasteiger partial charge in [0.25, 0.3) is 0 Å². The summed E-state index contributed by atoms with van der Waals surface area (Å²) in [5.74, 6) is -0.385. The fraction of sp³-hybridized carbons (Fsp3) is 0.867. The van der Waals surface area contributed by atoms with E-state index in [1.54, 1.807) is 46.4 Å². The van der Waals surface area contributed by atoms with Crippen LogP contribution < -0.4 is 21.3 Å². The summed E-state index contributed by atoms with van der Waals surface area (Å²) in [6, 6.07) is 0. The summed E-state index contributed by atoms with van der Waals surface area (Å²) in [6.07, 6.45) is -0.367. The molecule has 0 heterocycles. The van der Waals surface area contributed by atoms with Crippen molar-refractivity contribution in [3.8, 4) is 0 Å². The number of hydrogen-bond acceptors (Lipinski definition) is 12. The summed E-state index contributed by atoms with van der Waals surface area (Å²) in [5, 5.41) is 14.3. The zero-order valence-corrected chi connectivity index (χ0v) is 29.6. The normalized spacial score (nSPS) is 11.4. The number of carbonyl (C=O) groups is 4.